The molecule has 5 heteroatoms. The molecule has 92 valence electrons. The summed E-state index contributed by atoms with van der Waals surface area (Å²) >= 11 is 0. The van der Waals surface area contributed by atoms with E-state index in [2.05, 4.69) is 0 Å². The van der Waals surface area contributed by atoms with Crippen molar-refractivity contribution >= 4 is 11.9 Å². The normalized spacial score (nSPS) is 14.1. The van der Waals surface area contributed by atoms with Gasteiger partial charge in [0.2, 0.25) is 0 Å². The van der Waals surface area contributed by atoms with Gasteiger partial charge >= 0.3 is 11.9 Å². The van der Waals surface area contributed by atoms with E-state index < -0.39 is 17.5 Å². The van der Waals surface area contributed by atoms with Crippen molar-refractivity contribution in [2.24, 2.45) is 0 Å². The standard InChI is InChI=1S/C12H14O5/c1-3-12(2,17)8-6-4-5-7(10(13)14)9(8)11(15)16/h4-6,17H,3H2,1-2H3,(H,13,14)(H,15,16). The van der Waals surface area contributed by atoms with Crippen LogP contribution in [0.15, 0.2) is 18.2 Å². The molecular weight excluding hydrogens is 224 g/mol. The Kier molecular flexibility index (Phi) is 3.53. The summed E-state index contributed by atoms with van der Waals surface area (Å²) in [5.41, 5.74) is -1.91. The third kappa shape index (κ3) is 2.45. The first-order valence-electron chi connectivity index (χ1n) is 5.13. The summed E-state index contributed by atoms with van der Waals surface area (Å²) in [6, 6.07) is 4.07. The number of rotatable bonds is 4. The molecule has 0 spiro atoms. The van der Waals surface area contributed by atoms with Gasteiger partial charge in [-0.15, -0.1) is 0 Å². The minimum atomic E-state index is -1.36. The highest BCUT2D eigenvalue weighted by atomic mass is 16.4. The van der Waals surface area contributed by atoms with E-state index in [1.54, 1.807) is 6.92 Å². The highest BCUT2D eigenvalue weighted by Crippen LogP contribution is 2.29. The number of carboxylic acids is 2. The molecule has 0 aromatic heterocycles. The maximum absolute atomic E-state index is 11.1. The molecule has 0 heterocycles. The fourth-order valence-corrected chi connectivity index (χ4v) is 1.60. The zero-order valence-corrected chi connectivity index (χ0v) is 9.60. The fraction of sp³-hybridized carbons (Fsp3) is 0.333. The highest BCUT2D eigenvalue weighted by molar-refractivity contribution is 6.03. The fourth-order valence-electron chi connectivity index (χ4n) is 1.60. The lowest BCUT2D eigenvalue weighted by Crippen LogP contribution is -2.25. The van der Waals surface area contributed by atoms with Crippen LogP contribution < -0.4 is 0 Å². The van der Waals surface area contributed by atoms with Crippen molar-refractivity contribution in [3.8, 4) is 0 Å². The summed E-state index contributed by atoms with van der Waals surface area (Å²) in [4.78, 5) is 22.1. The molecule has 0 aliphatic rings. The average molecular weight is 238 g/mol. The first kappa shape index (κ1) is 13.2. The van der Waals surface area contributed by atoms with Crippen molar-refractivity contribution in [2.75, 3.05) is 0 Å². The first-order valence-corrected chi connectivity index (χ1v) is 5.13. The van der Waals surface area contributed by atoms with Crippen LogP contribution in [0.2, 0.25) is 0 Å². The zero-order valence-electron chi connectivity index (χ0n) is 9.60. The molecule has 0 aliphatic carbocycles. The van der Waals surface area contributed by atoms with E-state index in [0.29, 0.717) is 0 Å². The van der Waals surface area contributed by atoms with Crippen LogP contribution in [0.1, 0.15) is 46.5 Å². The number of hydrogen-bond acceptors (Lipinski definition) is 3. The van der Waals surface area contributed by atoms with Crippen molar-refractivity contribution in [3.63, 3.8) is 0 Å². The molecule has 1 aromatic carbocycles. The second-order valence-electron chi connectivity index (χ2n) is 3.97. The van der Waals surface area contributed by atoms with E-state index in [-0.39, 0.29) is 23.1 Å². The predicted molar refractivity (Wildman–Crippen MR) is 60.2 cm³/mol. The minimum absolute atomic E-state index is 0.118. The van der Waals surface area contributed by atoms with Crippen LogP contribution in [0.4, 0.5) is 0 Å². The van der Waals surface area contributed by atoms with E-state index in [9.17, 15) is 14.7 Å². The van der Waals surface area contributed by atoms with Crippen LogP contribution >= 0.6 is 0 Å². The molecule has 0 saturated carbocycles. The van der Waals surface area contributed by atoms with Gasteiger partial charge < -0.3 is 15.3 Å². The van der Waals surface area contributed by atoms with Gasteiger partial charge in [-0.3, -0.25) is 0 Å². The molecule has 1 rings (SSSR count). The number of aromatic carboxylic acids is 2. The number of carbonyl (C=O) groups is 2. The lowest BCUT2D eigenvalue weighted by Gasteiger charge is -2.24. The second kappa shape index (κ2) is 4.55. The SMILES string of the molecule is CCC(C)(O)c1cccc(C(=O)O)c1C(=O)O. The quantitative estimate of drug-likeness (QED) is 0.742. The van der Waals surface area contributed by atoms with E-state index in [1.807, 2.05) is 0 Å². The Morgan fingerprint density at radius 2 is 1.82 bits per heavy atom. The Bertz CT molecular complexity index is 462. The second-order valence-corrected chi connectivity index (χ2v) is 3.97. The maximum Gasteiger partial charge on any atom is 0.336 e. The van der Waals surface area contributed by atoms with Crippen molar-refractivity contribution < 1.29 is 24.9 Å². The molecule has 0 aliphatic heterocycles. The Labute approximate surface area is 98.3 Å². The van der Waals surface area contributed by atoms with E-state index >= 15 is 0 Å². The van der Waals surface area contributed by atoms with Gasteiger partial charge in [-0.2, -0.15) is 0 Å². The summed E-state index contributed by atoms with van der Waals surface area (Å²) in [7, 11) is 0. The predicted octanol–water partition coefficient (Wildman–Crippen LogP) is 1.70. The molecule has 0 radical (unpaired) electrons. The zero-order chi connectivity index (χ0) is 13.2. The van der Waals surface area contributed by atoms with Crippen LogP contribution in [0.25, 0.3) is 0 Å². The van der Waals surface area contributed by atoms with Gasteiger partial charge in [0, 0.05) is 0 Å². The highest BCUT2D eigenvalue weighted by Gasteiger charge is 2.29. The molecule has 0 saturated heterocycles. The third-order valence-electron chi connectivity index (χ3n) is 2.78. The minimum Gasteiger partial charge on any atom is -0.478 e. The molecule has 5 nitrogen and oxygen atoms in total. The summed E-state index contributed by atoms with van der Waals surface area (Å²) in [5.74, 6) is -2.68. The monoisotopic (exact) mass is 238 g/mol. The lowest BCUT2D eigenvalue weighted by molar-refractivity contribution is 0.0476. The smallest absolute Gasteiger partial charge is 0.336 e. The van der Waals surface area contributed by atoms with Gasteiger partial charge in [-0.1, -0.05) is 19.1 Å². The Balaban J connectivity index is 3.57. The van der Waals surface area contributed by atoms with Gasteiger partial charge in [-0.25, -0.2) is 9.59 Å². The third-order valence-corrected chi connectivity index (χ3v) is 2.78. The van der Waals surface area contributed by atoms with Crippen LogP contribution in [0.5, 0.6) is 0 Å². The molecule has 17 heavy (non-hydrogen) atoms. The molecule has 0 bridgehead atoms. The number of aliphatic hydroxyl groups is 1. The largest absolute Gasteiger partial charge is 0.478 e. The molecule has 1 atom stereocenters. The van der Waals surface area contributed by atoms with Crippen molar-refractivity contribution in [1.29, 1.82) is 0 Å². The van der Waals surface area contributed by atoms with Gasteiger partial charge in [0.05, 0.1) is 16.7 Å². The van der Waals surface area contributed by atoms with Crippen molar-refractivity contribution in [3.05, 3.63) is 34.9 Å². The van der Waals surface area contributed by atoms with E-state index in [0.717, 1.165) is 0 Å². The molecule has 1 unspecified atom stereocenters. The average Bonchev–Trinajstić information content (AvgIpc) is 2.27. The molecule has 0 fully saturated rings. The van der Waals surface area contributed by atoms with Crippen molar-refractivity contribution in [1.82, 2.24) is 0 Å². The Morgan fingerprint density at radius 3 is 2.24 bits per heavy atom. The van der Waals surface area contributed by atoms with Crippen LogP contribution in [0.3, 0.4) is 0 Å². The Hall–Kier alpha value is -1.88. The number of carboxylic acid groups (broad SMARTS) is 2. The van der Waals surface area contributed by atoms with Crippen molar-refractivity contribution in [2.45, 2.75) is 25.9 Å². The number of hydrogen-bond donors (Lipinski definition) is 3. The number of benzene rings is 1. The molecule has 0 amide bonds. The van der Waals surface area contributed by atoms with Crippen LogP contribution in [-0.2, 0) is 5.60 Å². The van der Waals surface area contributed by atoms with Gasteiger partial charge in [0.1, 0.15) is 0 Å². The summed E-state index contributed by atoms with van der Waals surface area (Å²) in [6.07, 6.45) is 0.288. The van der Waals surface area contributed by atoms with Crippen LogP contribution in [-0.4, -0.2) is 27.3 Å². The van der Waals surface area contributed by atoms with Gasteiger partial charge in [0.15, 0.2) is 0 Å². The first-order chi connectivity index (χ1) is 7.81. The summed E-state index contributed by atoms with van der Waals surface area (Å²) < 4.78 is 0. The van der Waals surface area contributed by atoms with Crippen LogP contribution in [0, 0.1) is 0 Å². The Morgan fingerprint density at radius 1 is 1.24 bits per heavy atom. The van der Waals surface area contributed by atoms with E-state index in [1.165, 1.54) is 25.1 Å². The maximum atomic E-state index is 11.1. The molecule has 1 aromatic rings. The summed E-state index contributed by atoms with van der Waals surface area (Å²) in [6.45, 7) is 3.15. The topological polar surface area (TPSA) is 94.8 Å². The van der Waals surface area contributed by atoms with Gasteiger partial charge in [-0.05, 0) is 25.0 Å². The molecular formula is C12H14O5. The molecule has 3 N–H and O–H groups in total. The van der Waals surface area contributed by atoms with Gasteiger partial charge in [0.25, 0.3) is 0 Å². The lowest BCUT2D eigenvalue weighted by atomic mass is 9.87. The summed E-state index contributed by atoms with van der Waals surface area (Å²) in [5, 5.41) is 28.1. The van der Waals surface area contributed by atoms with E-state index in [4.69, 9.17) is 10.2 Å².